The zero-order valence-corrected chi connectivity index (χ0v) is 13.6. The summed E-state index contributed by atoms with van der Waals surface area (Å²) in [5.41, 5.74) is 3.18. The Morgan fingerprint density at radius 2 is 2.00 bits per heavy atom. The van der Waals surface area contributed by atoms with Gasteiger partial charge in [-0.1, -0.05) is 38.1 Å². The van der Waals surface area contributed by atoms with Crippen molar-refractivity contribution in [2.75, 3.05) is 26.2 Å². The fourth-order valence-electron chi connectivity index (χ4n) is 3.93. The molecule has 0 radical (unpaired) electrons. The Labute approximate surface area is 129 Å². The quantitative estimate of drug-likeness (QED) is 0.895. The lowest BCUT2D eigenvalue weighted by molar-refractivity contribution is 0.213. The molecular formula is C19H30N2. The third-order valence-electron chi connectivity index (χ3n) is 5.14. The van der Waals surface area contributed by atoms with Crippen LogP contribution >= 0.6 is 0 Å². The smallest absolute Gasteiger partial charge is 0.0139 e. The van der Waals surface area contributed by atoms with E-state index in [0.29, 0.717) is 0 Å². The minimum atomic E-state index is 0.761. The summed E-state index contributed by atoms with van der Waals surface area (Å²) in [6, 6.07) is 9.82. The molecule has 1 aliphatic heterocycles. The summed E-state index contributed by atoms with van der Waals surface area (Å²) >= 11 is 0. The van der Waals surface area contributed by atoms with E-state index in [0.717, 1.165) is 24.4 Å². The second-order valence-corrected chi connectivity index (χ2v) is 7.37. The molecule has 1 aromatic carbocycles. The summed E-state index contributed by atoms with van der Waals surface area (Å²) in [5, 5.41) is 3.64. The zero-order chi connectivity index (χ0) is 14.7. The molecule has 21 heavy (non-hydrogen) atoms. The lowest BCUT2D eigenvalue weighted by atomic mass is 9.87. The van der Waals surface area contributed by atoms with Gasteiger partial charge in [-0.3, -0.25) is 4.90 Å². The van der Waals surface area contributed by atoms with Crippen LogP contribution in [0.5, 0.6) is 0 Å². The minimum absolute atomic E-state index is 0.761. The molecule has 0 aromatic heterocycles. The lowest BCUT2D eigenvalue weighted by Gasteiger charge is -2.32. The molecule has 3 rings (SSSR count). The number of hydrogen-bond acceptors (Lipinski definition) is 2. The van der Waals surface area contributed by atoms with Crippen molar-refractivity contribution in [3.8, 4) is 0 Å². The lowest BCUT2D eigenvalue weighted by Crippen LogP contribution is -2.38. The molecule has 2 heteroatoms. The summed E-state index contributed by atoms with van der Waals surface area (Å²) in [5.74, 6) is 1.62. The molecule has 2 unspecified atom stereocenters. The van der Waals surface area contributed by atoms with Gasteiger partial charge in [-0.15, -0.1) is 0 Å². The van der Waals surface area contributed by atoms with Crippen molar-refractivity contribution in [3.05, 3.63) is 35.4 Å². The van der Waals surface area contributed by atoms with Crippen molar-refractivity contribution in [3.63, 3.8) is 0 Å². The van der Waals surface area contributed by atoms with E-state index in [1.807, 2.05) is 0 Å². The SMILES string of the molecule is CC(C)CNCC1CCN(C2CCc3ccccc3C2)C1. The number of rotatable bonds is 5. The third kappa shape index (κ3) is 3.87. The Balaban J connectivity index is 1.49. The molecule has 2 atom stereocenters. The van der Waals surface area contributed by atoms with Gasteiger partial charge in [0.25, 0.3) is 0 Å². The van der Waals surface area contributed by atoms with Gasteiger partial charge < -0.3 is 5.32 Å². The van der Waals surface area contributed by atoms with Crippen LogP contribution in [-0.4, -0.2) is 37.1 Å². The second kappa shape index (κ2) is 6.93. The van der Waals surface area contributed by atoms with Crippen LogP contribution in [0.15, 0.2) is 24.3 Å². The number of hydrogen-bond donors (Lipinski definition) is 1. The molecule has 0 amide bonds. The van der Waals surface area contributed by atoms with E-state index in [1.54, 1.807) is 11.1 Å². The number of aryl methyl sites for hydroxylation is 1. The highest BCUT2D eigenvalue weighted by Gasteiger charge is 2.30. The van der Waals surface area contributed by atoms with Gasteiger partial charge in [0, 0.05) is 12.6 Å². The van der Waals surface area contributed by atoms with Gasteiger partial charge in [0.1, 0.15) is 0 Å². The van der Waals surface area contributed by atoms with E-state index < -0.39 is 0 Å². The van der Waals surface area contributed by atoms with Gasteiger partial charge in [0.2, 0.25) is 0 Å². The number of nitrogens with zero attached hydrogens (tertiary/aromatic N) is 1. The maximum atomic E-state index is 3.64. The molecule has 0 bridgehead atoms. The Morgan fingerprint density at radius 1 is 1.19 bits per heavy atom. The van der Waals surface area contributed by atoms with Crippen LogP contribution in [0.3, 0.4) is 0 Å². The number of fused-ring (bicyclic) bond motifs is 1. The highest BCUT2D eigenvalue weighted by molar-refractivity contribution is 5.30. The van der Waals surface area contributed by atoms with Gasteiger partial charge in [0.05, 0.1) is 0 Å². The Bertz CT molecular complexity index is 455. The first-order chi connectivity index (χ1) is 10.2. The molecule has 116 valence electrons. The van der Waals surface area contributed by atoms with Crippen molar-refractivity contribution in [2.24, 2.45) is 11.8 Å². The molecule has 1 heterocycles. The molecule has 1 saturated heterocycles. The molecular weight excluding hydrogens is 256 g/mol. The molecule has 0 saturated carbocycles. The topological polar surface area (TPSA) is 15.3 Å². The summed E-state index contributed by atoms with van der Waals surface area (Å²) in [6.07, 6.45) is 5.27. The van der Waals surface area contributed by atoms with E-state index in [1.165, 1.54) is 45.3 Å². The van der Waals surface area contributed by atoms with Gasteiger partial charge in [-0.25, -0.2) is 0 Å². The number of benzene rings is 1. The van der Waals surface area contributed by atoms with Crippen LogP contribution in [0.1, 0.15) is 37.8 Å². The maximum absolute atomic E-state index is 3.64. The van der Waals surface area contributed by atoms with E-state index in [2.05, 4.69) is 48.3 Å². The fraction of sp³-hybridized carbons (Fsp3) is 0.684. The molecule has 1 aliphatic carbocycles. The summed E-state index contributed by atoms with van der Waals surface area (Å²) in [6.45, 7) is 9.55. The van der Waals surface area contributed by atoms with Crippen molar-refractivity contribution < 1.29 is 0 Å². The van der Waals surface area contributed by atoms with Gasteiger partial charge >= 0.3 is 0 Å². The van der Waals surface area contributed by atoms with Crippen molar-refractivity contribution >= 4 is 0 Å². The van der Waals surface area contributed by atoms with Gasteiger partial charge in [0.15, 0.2) is 0 Å². The monoisotopic (exact) mass is 286 g/mol. The normalized spacial score (nSPS) is 26.2. The second-order valence-electron chi connectivity index (χ2n) is 7.37. The van der Waals surface area contributed by atoms with E-state index in [9.17, 15) is 0 Å². The fourth-order valence-corrected chi connectivity index (χ4v) is 3.93. The first-order valence-corrected chi connectivity index (χ1v) is 8.74. The van der Waals surface area contributed by atoms with Crippen molar-refractivity contribution in [1.82, 2.24) is 10.2 Å². The van der Waals surface area contributed by atoms with Gasteiger partial charge in [-0.2, -0.15) is 0 Å². The Morgan fingerprint density at radius 3 is 2.81 bits per heavy atom. The first kappa shape index (κ1) is 15.1. The largest absolute Gasteiger partial charge is 0.316 e. The minimum Gasteiger partial charge on any atom is -0.316 e. The predicted molar refractivity (Wildman–Crippen MR) is 89.6 cm³/mol. The molecule has 2 nitrogen and oxygen atoms in total. The maximum Gasteiger partial charge on any atom is 0.0139 e. The molecule has 0 spiro atoms. The third-order valence-corrected chi connectivity index (χ3v) is 5.14. The Kier molecular flexibility index (Phi) is 4.97. The standard InChI is InChI=1S/C19H30N2/c1-15(2)12-20-13-16-9-10-21(14-16)19-8-7-17-5-3-4-6-18(17)11-19/h3-6,15-16,19-20H,7-14H2,1-2H3. The summed E-state index contributed by atoms with van der Waals surface area (Å²) in [4.78, 5) is 2.76. The summed E-state index contributed by atoms with van der Waals surface area (Å²) in [7, 11) is 0. The first-order valence-electron chi connectivity index (χ1n) is 8.74. The van der Waals surface area contributed by atoms with Gasteiger partial charge in [-0.05, 0) is 68.3 Å². The molecule has 1 fully saturated rings. The number of nitrogens with one attached hydrogen (secondary N) is 1. The van der Waals surface area contributed by atoms with Crippen molar-refractivity contribution in [2.45, 2.75) is 45.6 Å². The molecule has 1 aromatic rings. The van der Waals surface area contributed by atoms with Crippen LogP contribution < -0.4 is 5.32 Å². The molecule has 2 aliphatic rings. The van der Waals surface area contributed by atoms with Crippen molar-refractivity contribution in [1.29, 1.82) is 0 Å². The zero-order valence-electron chi connectivity index (χ0n) is 13.6. The Hall–Kier alpha value is -0.860. The van der Waals surface area contributed by atoms with Crippen LogP contribution in [-0.2, 0) is 12.8 Å². The highest BCUT2D eigenvalue weighted by atomic mass is 15.2. The van der Waals surface area contributed by atoms with Crippen LogP contribution in [0, 0.1) is 11.8 Å². The highest BCUT2D eigenvalue weighted by Crippen LogP contribution is 2.28. The average molecular weight is 286 g/mol. The number of likely N-dealkylation sites (tertiary alicyclic amines) is 1. The van der Waals surface area contributed by atoms with E-state index in [4.69, 9.17) is 0 Å². The van der Waals surface area contributed by atoms with E-state index >= 15 is 0 Å². The van der Waals surface area contributed by atoms with Crippen LogP contribution in [0.25, 0.3) is 0 Å². The average Bonchev–Trinajstić information content (AvgIpc) is 2.95. The summed E-state index contributed by atoms with van der Waals surface area (Å²) < 4.78 is 0. The molecule has 1 N–H and O–H groups in total. The van der Waals surface area contributed by atoms with E-state index in [-0.39, 0.29) is 0 Å². The predicted octanol–water partition coefficient (Wildman–Crippen LogP) is 3.11. The van der Waals surface area contributed by atoms with Crippen LogP contribution in [0.4, 0.5) is 0 Å². The van der Waals surface area contributed by atoms with Crippen LogP contribution in [0.2, 0.25) is 0 Å².